The van der Waals surface area contributed by atoms with Gasteiger partial charge in [0.1, 0.15) is 5.82 Å². The summed E-state index contributed by atoms with van der Waals surface area (Å²) < 4.78 is 14.8. The average molecular weight is 345 g/mol. The molecule has 0 N–H and O–H groups in total. The summed E-state index contributed by atoms with van der Waals surface area (Å²) >= 11 is 10.7. The zero-order valence-corrected chi connectivity index (χ0v) is 12.3. The van der Waals surface area contributed by atoms with Gasteiger partial charge in [-0.2, -0.15) is 5.26 Å². The Labute approximate surface area is 122 Å². The minimum absolute atomic E-state index is 0.170. The van der Waals surface area contributed by atoms with Gasteiger partial charge < -0.3 is 0 Å². The quantitative estimate of drug-likeness (QED) is 0.695. The van der Waals surface area contributed by atoms with E-state index >= 15 is 0 Å². The third kappa shape index (κ3) is 3.17. The van der Waals surface area contributed by atoms with Crippen LogP contribution in [0.3, 0.4) is 0 Å². The van der Waals surface area contributed by atoms with Crippen LogP contribution in [0.15, 0.2) is 34.2 Å². The van der Waals surface area contributed by atoms with Gasteiger partial charge >= 0.3 is 0 Å². The predicted octanol–water partition coefficient (Wildman–Crippen LogP) is 5.13. The maximum absolute atomic E-state index is 13.7. The molecular weight excluding hydrogens is 337 g/mol. The molecule has 0 fully saturated rings. The highest BCUT2D eigenvalue weighted by molar-refractivity contribution is 9.11. The normalized spacial score (nSPS) is 19.6. The van der Waals surface area contributed by atoms with Crippen LogP contribution in [0.25, 0.3) is 5.57 Å². The molecule has 0 aromatic heterocycles. The Morgan fingerprint density at radius 2 is 2.39 bits per heavy atom. The number of hydrogen-bond acceptors (Lipinski definition) is 2. The second kappa shape index (κ2) is 5.92. The third-order valence-electron chi connectivity index (χ3n) is 2.46. The van der Waals surface area contributed by atoms with Crippen LogP contribution in [0.1, 0.15) is 12.0 Å². The molecule has 1 heterocycles. The number of thioether (sulfide) groups is 1. The molecule has 1 aromatic carbocycles. The highest BCUT2D eigenvalue weighted by Gasteiger charge is 2.16. The lowest BCUT2D eigenvalue weighted by Crippen LogP contribution is -1.96. The summed E-state index contributed by atoms with van der Waals surface area (Å²) in [5, 5.41) is 11.6. The van der Waals surface area contributed by atoms with Gasteiger partial charge in [-0.05, 0) is 30.0 Å². The fourth-order valence-electron chi connectivity index (χ4n) is 1.63. The van der Waals surface area contributed by atoms with Crippen LogP contribution in [0, 0.1) is 17.1 Å². The topological polar surface area (TPSA) is 23.8 Å². The first-order chi connectivity index (χ1) is 8.60. The zero-order chi connectivity index (χ0) is 13.1. The van der Waals surface area contributed by atoms with Crippen molar-refractivity contribution >= 4 is 44.9 Å². The standard InChI is InChI=1S/C13H8BrClFNS/c14-9-4-11(18-7-9)3-8(6-17)12-2-1-10(15)5-13(12)16/h1-3,5,7,11H,4H2/b8-3+. The molecule has 1 aliphatic heterocycles. The molecule has 1 unspecified atom stereocenters. The largest absolute Gasteiger partial charge is 0.206 e. The lowest BCUT2D eigenvalue weighted by Gasteiger charge is -2.06. The van der Waals surface area contributed by atoms with Gasteiger partial charge in [0.2, 0.25) is 0 Å². The van der Waals surface area contributed by atoms with Gasteiger partial charge in [0.25, 0.3) is 0 Å². The Balaban J connectivity index is 2.29. The monoisotopic (exact) mass is 343 g/mol. The van der Waals surface area contributed by atoms with Crippen molar-refractivity contribution < 1.29 is 4.39 Å². The Kier molecular flexibility index (Phi) is 4.50. The fourth-order valence-corrected chi connectivity index (χ4v) is 3.58. The molecule has 5 heteroatoms. The van der Waals surface area contributed by atoms with Crippen LogP contribution in [0.2, 0.25) is 5.02 Å². The number of hydrogen-bond donors (Lipinski definition) is 0. The molecule has 0 amide bonds. The SMILES string of the molecule is N#C/C(=C\C1CC(Br)=CS1)c1ccc(Cl)cc1F. The average Bonchev–Trinajstić information content (AvgIpc) is 2.72. The summed E-state index contributed by atoms with van der Waals surface area (Å²) in [7, 11) is 0. The van der Waals surface area contributed by atoms with Gasteiger partial charge in [-0.3, -0.25) is 0 Å². The van der Waals surface area contributed by atoms with E-state index in [9.17, 15) is 4.39 Å². The van der Waals surface area contributed by atoms with Crippen LogP contribution < -0.4 is 0 Å². The van der Waals surface area contributed by atoms with Crippen LogP contribution in [0.4, 0.5) is 4.39 Å². The van der Waals surface area contributed by atoms with E-state index in [4.69, 9.17) is 16.9 Å². The molecular formula is C13H8BrClFNS. The number of nitriles is 1. The molecule has 0 saturated heterocycles. The molecule has 0 radical (unpaired) electrons. The van der Waals surface area contributed by atoms with E-state index in [0.717, 1.165) is 10.9 Å². The Hall–Kier alpha value is -0.760. The predicted molar refractivity (Wildman–Crippen MR) is 78.0 cm³/mol. The summed E-state index contributed by atoms with van der Waals surface area (Å²) in [4.78, 5) is 0. The molecule has 92 valence electrons. The molecule has 1 nitrogen and oxygen atoms in total. The molecule has 0 spiro atoms. The van der Waals surface area contributed by atoms with Crippen LogP contribution in [-0.2, 0) is 0 Å². The van der Waals surface area contributed by atoms with Crippen LogP contribution >= 0.6 is 39.3 Å². The van der Waals surface area contributed by atoms with Gasteiger partial charge in [0, 0.05) is 20.3 Å². The van der Waals surface area contributed by atoms with Crippen LogP contribution in [0.5, 0.6) is 0 Å². The van der Waals surface area contributed by atoms with E-state index in [1.807, 2.05) is 11.5 Å². The Morgan fingerprint density at radius 3 is 2.94 bits per heavy atom. The summed E-state index contributed by atoms with van der Waals surface area (Å²) in [6.07, 6.45) is 2.62. The first-order valence-corrected chi connectivity index (χ1v) is 7.29. The van der Waals surface area contributed by atoms with Crippen molar-refractivity contribution in [3.8, 4) is 6.07 Å². The van der Waals surface area contributed by atoms with E-state index in [1.165, 1.54) is 12.1 Å². The zero-order valence-electron chi connectivity index (χ0n) is 9.16. The van der Waals surface area contributed by atoms with Gasteiger partial charge in [0.15, 0.2) is 0 Å². The third-order valence-corrected chi connectivity index (χ3v) is 4.62. The van der Waals surface area contributed by atoms with Crippen molar-refractivity contribution in [2.75, 3.05) is 0 Å². The molecule has 0 aliphatic carbocycles. The first-order valence-electron chi connectivity index (χ1n) is 5.17. The molecule has 1 atom stereocenters. The first kappa shape index (κ1) is 13.7. The van der Waals surface area contributed by atoms with E-state index in [2.05, 4.69) is 15.9 Å². The Bertz CT molecular complexity index is 577. The van der Waals surface area contributed by atoms with Gasteiger partial charge in [0.05, 0.1) is 11.6 Å². The number of rotatable bonds is 2. The maximum atomic E-state index is 13.7. The minimum Gasteiger partial charge on any atom is -0.206 e. The van der Waals surface area contributed by atoms with Crippen molar-refractivity contribution in [1.82, 2.24) is 0 Å². The van der Waals surface area contributed by atoms with Crippen molar-refractivity contribution in [2.45, 2.75) is 11.7 Å². The lowest BCUT2D eigenvalue weighted by molar-refractivity contribution is 0.624. The molecule has 0 bridgehead atoms. The van der Waals surface area contributed by atoms with Gasteiger partial charge in [-0.25, -0.2) is 4.39 Å². The molecule has 2 rings (SSSR count). The number of nitrogens with zero attached hydrogens (tertiary/aromatic N) is 1. The lowest BCUT2D eigenvalue weighted by atomic mass is 10.0. The second-order valence-corrected chi connectivity index (χ2v) is 6.33. The van der Waals surface area contributed by atoms with Gasteiger partial charge in [-0.1, -0.05) is 33.6 Å². The summed E-state index contributed by atoms with van der Waals surface area (Å²) in [6, 6.07) is 6.39. The Morgan fingerprint density at radius 1 is 1.61 bits per heavy atom. The number of allylic oxidation sites excluding steroid dienone is 2. The van der Waals surface area contributed by atoms with E-state index in [-0.39, 0.29) is 5.25 Å². The van der Waals surface area contributed by atoms with Crippen molar-refractivity contribution in [3.05, 3.63) is 50.6 Å². The number of halogens is 3. The summed E-state index contributed by atoms with van der Waals surface area (Å²) in [6.45, 7) is 0. The molecule has 0 saturated carbocycles. The van der Waals surface area contributed by atoms with E-state index in [0.29, 0.717) is 16.2 Å². The summed E-state index contributed by atoms with van der Waals surface area (Å²) in [5.74, 6) is -0.467. The highest BCUT2D eigenvalue weighted by Crippen LogP contribution is 2.35. The molecule has 18 heavy (non-hydrogen) atoms. The number of benzene rings is 1. The summed E-state index contributed by atoms with van der Waals surface area (Å²) in [5.41, 5.74) is 0.641. The molecule has 1 aromatic rings. The van der Waals surface area contributed by atoms with Gasteiger partial charge in [-0.15, -0.1) is 11.8 Å². The van der Waals surface area contributed by atoms with Crippen LogP contribution in [-0.4, -0.2) is 5.25 Å². The van der Waals surface area contributed by atoms with E-state index < -0.39 is 5.82 Å². The van der Waals surface area contributed by atoms with Crippen molar-refractivity contribution in [1.29, 1.82) is 5.26 Å². The maximum Gasteiger partial charge on any atom is 0.133 e. The highest BCUT2D eigenvalue weighted by atomic mass is 79.9. The smallest absolute Gasteiger partial charge is 0.133 e. The minimum atomic E-state index is -0.467. The van der Waals surface area contributed by atoms with Crippen molar-refractivity contribution in [2.24, 2.45) is 0 Å². The fraction of sp³-hybridized carbons (Fsp3) is 0.154. The van der Waals surface area contributed by atoms with Crippen molar-refractivity contribution in [3.63, 3.8) is 0 Å². The van der Waals surface area contributed by atoms with E-state index in [1.54, 1.807) is 23.9 Å². The molecule has 1 aliphatic rings. The second-order valence-electron chi connectivity index (χ2n) is 3.76.